The molecule has 5 nitrogen and oxygen atoms in total. The third-order valence-corrected chi connectivity index (χ3v) is 2.83. The number of para-hydroxylation sites is 1. The molecule has 1 heterocycles. The van der Waals surface area contributed by atoms with E-state index in [2.05, 4.69) is 9.97 Å². The zero-order valence-electron chi connectivity index (χ0n) is 9.90. The lowest BCUT2D eigenvalue weighted by Crippen LogP contribution is -2.18. The van der Waals surface area contributed by atoms with Gasteiger partial charge in [0.1, 0.15) is 11.3 Å². The maximum absolute atomic E-state index is 11.3. The molecule has 90 valence electrons. The van der Waals surface area contributed by atoms with Crippen molar-refractivity contribution >= 4 is 16.9 Å². The SMILES string of the molecule is CC(C)C(N)c1nc2c(C(N)=O)cccc2[nH]1. The van der Waals surface area contributed by atoms with Gasteiger partial charge in [-0.25, -0.2) is 4.98 Å². The van der Waals surface area contributed by atoms with Crippen LogP contribution < -0.4 is 11.5 Å². The lowest BCUT2D eigenvalue weighted by Gasteiger charge is -2.11. The molecule has 5 N–H and O–H groups in total. The normalized spacial score (nSPS) is 13.2. The van der Waals surface area contributed by atoms with Crippen LogP contribution >= 0.6 is 0 Å². The second kappa shape index (κ2) is 4.18. The second-order valence-electron chi connectivity index (χ2n) is 4.46. The van der Waals surface area contributed by atoms with Gasteiger partial charge in [-0.2, -0.15) is 0 Å². The van der Waals surface area contributed by atoms with Crippen molar-refractivity contribution in [3.8, 4) is 0 Å². The van der Waals surface area contributed by atoms with Crippen LogP contribution in [0.15, 0.2) is 18.2 Å². The minimum absolute atomic E-state index is 0.178. The van der Waals surface area contributed by atoms with Crippen molar-refractivity contribution in [2.24, 2.45) is 17.4 Å². The molecule has 0 aliphatic heterocycles. The van der Waals surface area contributed by atoms with Crippen LogP contribution in [-0.4, -0.2) is 15.9 Å². The largest absolute Gasteiger partial charge is 0.366 e. The van der Waals surface area contributed by atoms with E-state index in [-0.39, 0.29) is 12.0 Å². The highest BCUT2D eigenvalue weighted by Crippen LogP contribution is 2.21. The van der Waals surface area contributed by atoms with Gasteiger partial charge in [-0.15, -0.1) is 0 Å². The number of benzene rings is 1. The third-order valence-electron chi connectivity index (χ3n) is 2.83. The van der Waals surface area contributed by atoms with Crippen molar-refractivity contribution in [3.63, 3.8) is 0 Å². The number of carbonyl (C=O) groups excluding carboxylic acids is 1. The van der Waals surface area contributed by atoms with E-state index < -0.39 is 5.91 Å². The van der Waals surface area contributed by atoms with E-state index in [1.807, 2.05) is 19.9 Å². The maximum atomic E-state index is 11.3. The van der Waals surface area contributed by atoms with Crippen molar-refractivity contribution in [3.05, 3.63) is 29.6 Å². The number of rotatable bonds is 3. The van der Waals surface area contributed by atoms with E-state index >= 15 is 0 Å². The number of aromatic amines is 1. The van der Waals surface area contributed by atoms with Crippen LogP contribution in [0.3, 0.4) is 0 Å². The fraction of sp³-hybridized carbons (Fsp3) is 0.333. The Labute approximate surface area is 99.2 Å². The van der Waals surface area contributed by atoms with Crippen LogP contribution in [0, 0.1) is 5.92 Å². The minimum Gasteiger partial charge on any atom is -0.366 e. The number of primary amides is 1. The molecule has 0 bridgehead atoms. The Morgan fingerprint density at radius 3 is 2.71 bits per heavy atom. The van der Waals surface area contributed by atoms with Gasteiger partial charge in [0, 0.05) is 0 Å². The molecular formula is C12H16N4O. The number of nitrogens with two attached hydrogens (primary N) is 2. The number of aromatic nitrogens is 2. The number of H-pyrrole nitrogens is 1. The Hall–Kier alpha value is -1.88. The van der Waals surface area contributed by atoms with Crippen LogP contribution in [0.5, 0.6) is 0 Å². The van der Waals surface area contributed by atoms with Crippen LogP contribution in [-0.2, 0) is 0 Å². The molecule has 0 radical (unpaired) electrons. The number of nitrogens with one attached hydrogen (secondary N) is 1. The summed E-state index contributed by atoms with van der Waals surface area (Å²) in [6.07, 6.45) is 0. The van der Waals surface area contributed by atoms with Gasteiger partial charge in [-0.3, -0.25) is 4.79 Å². The first kappa shape index (κ1) is 11.6. The first-order chi connectivity index (χ1) is 8.00. The molecule has 0 aliphatic rings. The molecule has 0 saturated heterocycles. The quantitative estimate of drug-likeness (QED) is 0.744. The van der Waals surface area contributed by atoms with Gasteiger partial charge >= 0.3 is 0 Å². The molecular weight excluding hydrogens is 216 g/mol. The summed E-state index contributed by atoms with van der Waals surface area (Å²) in [6.45, 7) is 4.04. The third kappa shape index (κ3) is 2.01. The highest BCUT2D eigenvalue weighted by Gasteiger charge is 2.17. The summed E-state index contributed by atoms with van der Waals surface area (Å²) in [4.78, 5) is 18.8. The molecule has 1 aromatic heterocycles. The van der Waals surface area contributed by atoms with E-state index in [0.717, 1.165) is 5.52 Å². The fourth-order valence-electron chi connectivity index (χ4n) is 1.72. The van der Waals surface area contributed by atoms with Crippen LogP contribution in [0.1, 0.15) is 36.1 Å². The van der Waals surface area contributed by atoms with Gasteiger partial charge in [0.2, 0.25) is 0 Å². The van der Waals surface area contributed by atoms with Gasteiger partial charge in [-0.1, -0.05) is 19.9 Å². The molecule has 1 aromatic carbocycles. The average Bonchev–Trinajstić information content (AvgIpc) is 2.70. The summed E-state index contributed by atoms with van der Waals surface area (Å²) in [5.41, 5.74) is 13.1. The Kier molecular flexibility index (Phi) is 2.85. The molecule has 0 saturated carbocycles. The second-order valence-corrected chi connectivity index (χ2v) is 4.46. The zero-order chi connectivity index (χ0) is 12.6. The summed E-state index contributed by atoms with van der Waals surface area (Å²) in [6, 6.07) is 5.11. The first-order valence-electron chi connectivity index (χ1n) is 5.54. The Morgan fingerprint density at radius 2 is 2.12 bits per heavy atom. The van der Waals surface area contributed by atoms with Crippen molar-refractivity contribution in [1.82, 2.24) is 9.97 Å². The molecule has 17 heavy (non-hydrogen) atoms. The van der Waals surface area contributed by atoms with E-state index in [1.165, 1.54) is 0 Å². The van der Waals surface area contributed by atoms with Crippen LogP contribution in [0.25, 0.3) is 11.0 Å². The van der Waals surface area contributed by atoms with Gasteiger partial charge < -0.3 is 16.5 Å². The molecule has 1 atom stereocenters. The summed E-state index contributed by atoms with van der Waals surface area (Å²) in [5.74, 6) is 0.475. The number of carbonyl (C=O) groups is 1. The van der Waals surface area contributed by atoms with Crippen molar-refractivity contribution < 1.29 is 4.79 Å². The molecule has 0 spiro atoms. The summed E-state index contributed by atoms with van der Waals surface area (Å²) >= 11 is 0. The number of imidazole rings is 1. The van der Waals surface area contributed by atoms with E-state index in [4.69, 9.17) is 11.5 Å². The van der Waals surface area contributed by atoms with Gasteiger partial charge in [0.25, 0.3) is 5.91 Å². The topological polar surface area (TPSA) is 97.8 Å². The van der Waals surface area contributed by atoms with E-state index in [1.54, 1.807) is 12.1 Å². The summed E-state index contributed by atoms with van der Waals surface area (Å²) in [7, 11) is 0. The molecule has 1 amide bonds. The maximum Gasteiger partial charge on any atom is 0.250 e. The smallest absolute Gasteiger partial charge is 0.250 e. The van der Waals surface area contributed by atoms with Gasteiger partial charge in [0.05, 0.1) is 17.1 Å². The van der Waals surface area contributed by atoms with Gasteiger partial charge in [0.15, 0.2) is 0 Å². The van der Waals surface area contributed by atoms with Crippen molar-refractivity contribution in [1.29, 1.82) is 0 Å². The van der Waals surface area contributed by atoms with Crippen LogP contribution in [0.2, 0.25) is 0 Å². The number of nitrogens with zero attached hydrogens (tertiary/aromatic N) is 1. The molecule has 0 fully saturated rings. The first-order valence-corrected chi connectivity index (χ1v) is 5.54. The number of hydrogen-bond donors (Lipinski definition) is 3. The van der Waals surface area contributed by atoms with Gasteiger partial charge in [-0.05, 0) is 18.1 Å². The predicted molar refractivity (Wildman–Crippen MR) is 66.4 cm³/mol. The summed E-state index contributed by atoms with van der Waals surface area (Å²) in [5, 5.41) is 0. The molecule has 5 heteroatoms. The van der Waals surface area contributed by atoms with E-state index in [9.17, 15) is 4.79 Å². The number of hydrogen-bond acceptors (Lipinski definition) is 3. The Balaban J connectivity index is 2.57. The minimum atomic E-state index is -0.480. The number of amides is 1. The average molecular weight is 232 g/mol. The zero-order valence-corrected chi connectivity index (χ0v) is 9.90. The van der Waals surface area contributed by atoms with Crippen molar-refractivity contribution in [2.45, 2.75) is 19.9 Å². The molecule has 0 aliphatic carbocycles. The van der Waals surface area contributed by atoms with Crippen molar-refractivity contribution in [2.75, 3.05) is 0 Å². The lowest BCUT2D eigenvalue weighted by molar-refractivity contribution is 0.100. The highest BCUT2D eigenvalue weighted by molar-refractivity contribution is 6.04. The molecule has 2 rings (SSSR count). The van der Waals surface area contributed by atoms with E-state index in [0.29, 0.717) is 16.9 Å². The number of fused-ring (bicyclic) bond motifs is 1. The predicted octanol–water partition coefficient (Wildman–Crippen LogP) is 1.32. The Bertz CT molecular complexity index is 559. The fourth-order valence-corrected chi connectivity index (χ4v) is 1.72. The van der Waals surface area contributed by atoms with Crippen LogP contribution in [0.4, 0.5) is 0 Å². The highest BCUT2D eigenvalue weighted by atomic mass is 16.1. The molecule has 1 unspecified atom stereocenters. The lowest BCUT2D eigenvalue weighted by atomic mass is 10.1. The molecule has 2 aromatic rings. The Morgan fingerprint density at radius 1 is 1.41 bits per heavy atom. The monoisotopic (exact) mass is 232 g/mol. The summed E-state index contributed by atoms with van der Waals surface area (Å²) < 4.78 is 0. The standard InChI is InChI=1S/C12H16N4O/c1-6(2)9(13)12-15-8-5-3-4-7(11(14)17)10(8)16-12/h3-6,9H,13H2,1-2H3,(H2,14,17)(H,15,16).